The van der Waals surface area contributed by atoms with Gasteiger partial charge in [0, 0.05) is 11.6 Å². The molecule has 0 spiro atoms. The summed E-state index contributed by atoms with van der Waals surface area (Å²) in [6.07, 6.45) is 6.03. The van der Waals surface area contributed by atoms with Crippen LogP contribution in [0, 0.1) is 0 Å². The maximum absolute atomic E-state index is 6.15. The maximum atomic E-state index is 6.15. The Hall–Kier alpha value is -2.75. The molecule has 0 N–H and O–H groups in total. The van der Waals surface area contributed by atoms with Crippen LogP contribution in [0.1, 0.15) is 24.2 Å². The second-order valence-electron chi connectivity index (χ2n) is 6.98. The first-order chi connectivity index (χ1) is 14.7. The number of nitrogens with zero attached hydrogens (tertiary/aromatic N) is 2. The summed E-state index contributed by atoms with van der Waals surface area (Å²) in [5.74, 6) is 1.68. The van der Waals surface area contributed by atoms with Gasteiger partial charge in [0.05, 0.1) is 22.7 Å². The Kier molecular flexibility index (Phi) is 6.73. The highest BCUT2D eigenvalue weighted by atomic mass is 35.5. The molecule has 0 aliphatic carbocycles. The van der Waals surface area contributed by atoms with Gasteiger partial charge in [-0.2, -0.15) is 0 Å². The van der Waals surface area contributed by atoms with Gasteiger partial charge in [-0.1, -0.05) is 65.7 Å². The Balaban J connectivity index is 1.44. The number of aromatic nitrogens is 2. The Morgan fingerprint density at radius 2 is 1.60 bits per heavy atom. The van der Waals surface area contributed by atoms with E-state index < -0.39 is 0 Å². The molecule has 4 rings (SSSR count). The van der Waals surface area contributed by atoms with Crippen LogP contribution in [-0.2, 0) is 6.54 Å². The molecule has 0 bridgehead atoms. The molecule has 30 heavy (non-hydrogen) atoms. The van der Waals surface area contributed by atoms with E-state index in [0.717, 1.165) is 52.6 Å². The molecule has 0 radical (unpaired) electrons. The topological polar surface area (TPSA) is 27.1 Å². The first kappa shape index (κ1) is 20.5. The highest BCUT2D eigenvalue weighted by Gasteiger charge is 2.08. The number of hydrogen-bond acceptors (Lipinski definition) is 2. The van der Waals surface area contributed by atoms with Crippen LogP contribution in [-0.4, -0.2) is 16.2 Å². The summed E-state index contributed by atoms with van der Waals surface area (Å²) in [6.45, 7) is 1.50. The molecule has 0 saturated heterocycles. The Labute approximate surface area is 186 Å². The van der Waals surface area contributed by atoms with E-state index in [2.05, 4.69) is 22.8 Å². The minimum Gasteiger partial charge on any atom is -0.492 e. The molecule has 0 atom stereocenters. The highest BCUT2D eigenvalue weighted by molar-refractivity contribution is 6.32. The van der Waals surface area contributed by atoms with Crippen molar-refractivity contribution in [1.29, 1.82) is 0 Å². The van der Waals surface area contributed by atoms with Gasteiger partial charge in [0.25, 0.3) is 0 Å². The van der Waals surface area contributed by atoms with E-state index in [4.69, 9.17) is 32.9 Å². The van der Waals surface area contributed by atoms with Gasteiger partial charge in [-0.15, -0.1) is 0 Å². The van der Waals surface area contributed by atoms with E-state index in [0.29, 0.717) is 11.6 Å². The molecule has 0 aliphatic rings. The summed E-state index contributed by atoms with van der Waals surface area (Å²) in [4.78, 5) is 4.80. The summed E-state index contributed by atoms with van der Waals surface area (Å²) >= 11 is 12.1. The van der Waals surface area contributed by atoms with Crippen LogP contribution in [0.2, 0.25) is 10.0 Å². The third-order valence-electron chi connectivity index (χ3n) is 4.85. The normalized spacial score (nSPS) is 11.4. The third kappa shape index (κ3) is 5.05. The standard InChI is InChI=1S/C25H22Cl2N2O/c26-20-14-11-19(12-15-20)13-16-25-28-22-8-2-3-9-23(22)29(25)17-5-6-18-30-24-10-4-1-7-21(24)27/h1-4,7-16H,5-6,17-18H2/b16-13+. The van der Waals surface area contributed by atoms with Crippen molar-refractivity contribution in [3.63, 3.8) is 0 Å². The van der Waals surface area contributed by atoms with Crippen LogP contribution in [0.25, 0.3) is 23.2 Å². The molecule has 3 nitrogen and oxygen atoms in total. The number of para-hydroxylation sites is 3. The van der Waals surface area contributed by atoms with E-state index in [1.54, 1.807) is 0 Å². The number of fused-ring (bicyclic) bond motifs is 1. The molecular formula is C25H22Cl2N2O. The average molecular weight is 437 g/mol. The number of imidazole rings is 1. The fraction of sp³-hybridized carbons (Fsp3) is 0.160. The molecule has 152 valence electrons. The fourth-order valence-electron chi connectivity index (χ4n) is 3.32. The van der Waals surface area contributed by atoms with Gasteiger partial charge < -0.3 is 9.30 Å². The van der Waals surface area contributed by atoms with Crippen molar-refractivity contribution in [2.75, 3.05) is 6.61 Å². The smallest absolute Gasteiger partial charge is 0.137 e. The molecule has 4 aromatic rings. The predicted octanol–water partition coefficient (Wildman–Crippen LogP) is 7.37. The minimum absolute atomic E-state index is 0.631. The van der Waals surface area contributed by atoms with Crippen LogP contribution in [0.4, 0.5) is 0 Å². The van der Waals surface area contributed by atoms with E-state index in [-0.39, 0.29) is 0 Å². The molecule has 0 amide bonds. The number of halogens is 2. The lowest BCUT2D eigenvalue weighted by Crippen LogP contribution is -2.04. The monoisotopic (exact) mass is 436 g/mol. The van der Waals surface area contributed by atoms with Gasteiger partial charge in [-0.3, -0.25) is 0 Å². The maximum Gasteiger partial charge on any atom is 0.137 e. The van der Waals surface area contributed by atoms with E-state index >= 15 is 0 Å². The highest BCUT2D eigenvalue weighted by Crippen LogP contribution is 2.23. The van der Waals surface area contributed by atoms with Crippen molar-refractivity contribution in [3.8, 4) is 5.75 Å². The lowest BCUT2D eigenvalue weighted by molar-refractivity contribution is 0.303. The number of aryl methyl sites for hydroxylation is 1. The summed E-state index contributed by atoms with van der Waals surface area (Å²) in [6, 6.07) is 23.6. The summed E-state index contributed by atoms with van der Waals surface area (Å²) in [7, 11) is 0. The molecule has 3 aromatic carbocycles. The second-order valence-corrected chi connectivity index (χ2v) is 7.82. The predicted molar refractivity (Wildman–Crippen MR) is 126 cm³/mol. The van der Waals surface area contributed by atoms with E-state index in [1.165, 1.54) is 0 Å². The first-order valence-electron chi connectivity index (χ1n) is 9.97. The van der Waals surface area contributed by atoms with Crippen molar-refractivity contribution in [3.05, 3.63) is 94.2 Å². The van der Waals surface area contributed by atoms with Gasteiger partial charge in [0.2, 0.25) is 0 Å². The SMILES string of the molecule is Clc1ccc(/C=C/c2nc3ccccc3n2CCCCOc2ccccc2Cl)cc1. The minimum atomic E-state index is 0.631. The molecule has 1 aromatic heterocycles. The molecular weight excluding hydrogens is 415 g/mol. The molecule has 5 heteroatoms. The number of unbranched alkanes of at least 4 members (excludes halogenated alkanes) is 1. The zero-order chi connectivity index (χ0) is 20.8. The number of benzene rings is 3. The van der Waals surface area contributed by atoms with Gasteiger partial charge in [0.1, 0.15) is 11.6 Å². The van der Waals surface area contributed by atoms with Gasteiger partial charge in [0.15, 0.2) is 0 Å². The van der Waals surface area contributed by atoms with Crippen molar-refractivity contribution in [2.24, 2.45) is 0 Å². The summed E-state index contributed by atoms with van der Waals surface area (Å²) < 4.78 is 8.07. The Bertz CT molecular complexity index is 1150. The Morgan fingerprint density at radius 3 is 2.43 bits per heavy atom. The summed E-state index contributed by atoms with van der Waals surface area (Å²) in [5, 5.41) is 1.38. The molecule has 0 unspecified atom stereocenters. The largest absolute Gasteiger partial charge is 0.492 e. The molecule has 0 saturated carbocycles. The van der Waals surface area contributed by atoms with Crippen LogP contribution >= 0.6 is 23.2 Å². The average Bonchev–Trinajstić information content (AvgIpc) is 3.12. The third-order valence-corrected chi connectivity index (χ3v) is 5.41. The molecule has 0 aliphatic heterocycles. The lowest BCUT2D eigenvalue weighted by atomic mass is 10.2. The van der Waals surface area contributed by atoms with Crippen molar-refractivity contribution < 1.29 is 4.74 Å². The number of ether oxygens (including phenoxy) is 1. The zero-order valence-electron chi connectivity index (χ0n) is 16.5. The van der Waals surface area contributed by atoms with Gasteiger partial charge in [-0.05, 0) is 60.9 Å². The number of rotatable bonds is 8. The van der Waals surface area contributed by atoms with Gasteiger partial charge in [-0.25, -0.2) is 4.98 Å². The van der Waals surface area contributed by atoms with Crippen molar-refractivity contribution >= 4 is 46.4 Å². The molecule has 0 fully saturated rings. The van der Waals surface area contributed by atoms with Crippen LogP contribution < -0.4 is 4.74 Å². The first-order valence-corrected chi connectivity index (χ1v) is 10.7. The fourth-order valence-corrected chi connectivity index (χ4v) is 3.63. The quantitative estimate of drug-likeness (QED) is 0.269. The van der Waals surface area contributed by atoms with Crippen LogP contribution in [0.5, 0.6) is 5.75 Å². The number of hydrogen-bond donors (Lipinski definition) is 0. The second kappa shape index (κ2) is 9.84. The van der Waals surface area contributed by atoms with Crippen molar-refractivity contribution in [2.45, 2.75) is 19.4 Å². The van der Waals surface area contributed by atoms with Crippen LogP contribution in [0.15, 0.2) is 72.8 Å². The molecule has 1 heterocycles. The summed E-state index contributed by atoms with van der Waals surface area (Å²) in [5.41, 5.74) is 3.23. The van der Waals surface area contributed by atoms with Crippen molar-refractivity contribution in [1.82, 2.24) is 9.55 Å². The van der Waals surface area contributed by atoms with Gasteiger partial charge >= 0.3 is 0 Å². The van der Waals surface area contributed by atoms with E-state index in [1.807, 2.05) is 66.7 Å². The van der Waals surface area contributed by atoms with E-state index in [9.17, 15) is 0 Å². The van der Waals surface area contributed by atoms with Crippen LogP contribution in [0.3, 0.4) is 0 Å². The lowest BCUT2D eigenvalue weighted by Gasteiger charge is -2.09. The Morgan fingerprint density at radius 1 is 0.833 bits per heavy atom. The zero-order valence-corrected chi connectivity index (χ0v) is 18.0.